The third-order valence-electron chi connectivity index (χ3n) is 2.91. The van der Waals surface area contributed by atoms with Crippen LogP contribution in [-0.4, -0.2) is 20.0 Å². The summed E-state index contributed by atoms with van der Waals surface area (Å²) in [6, 6.07) is 2.46. The second-order valence-electron chi connectivity index (χ2n) is 4.29. The van der Waals surface area contributed by atoms with Crippen molar-refractivity contribution < 1.29 is 17.5 Å². The van der Waals surface area contributed by atoms with Crippen LogP contribution in [0.4, 0.5) is 9.52 Å². The van der Waals surface area contributed by atoms with Gasteiger partial charge in [0.2, 0.25) is 0 Å². The van der Waals surface area contributed by atoms with Gasteiger partial charge in [-0.25, -0.2) is 17.8 Å². The standard InChI is InChI=1S/C12H11FN2O3S2/c13-9-6-8-2-1-4-18-10(8)7-11(9)20(16,17)15-12-14-3-5-19-12/h3,5-7H,1-2,4H2,(H,14,15). The number of aryl methyl sites for hydroxylation is 1. The third kappa shape index (κ3) is 2.48. The second kappa shape index (κ2) is 5.02. The number of sulfonamides is 1. The van der Waals surface area contributed by atoms with Gasteiger partial charge in [-0.2, -0.15) is 0 Å². The van der Waals surface area contributed by atoms with Crippen LogP contribution in [0.3, 0.4) is 0 Å². The molecule has 0 aliphatic carbocycles. The normalized spacial score (nSPS) is 14.4. The number of aromatic nitrogens is 1. The smallest absolute Gasteiger partial charge is 0.266 e. The van der Waals surface area contributed by atoms with Gasteiger partial charge in [-0.15, -0.1) is 11.3 Å². The van der Waals surface area contributed by atoms with Crippen LogP contribution in [0, 0.1) is 5.82 Å². The zero-order valence-electron chi connectivity index (χ0n) is 10.3. The molecule has 0 saturated carbocycles. The molecular weight excluding hydrogens is 303 g/mol. The lowest BCUT2D eigenvalue weighted by Crippen LogP contribution is -2.16. The number of nitrogens with zero attached hydrogens (tertiary/aromatic N) is 1. The monoisotopic (exact) mass is 314 g/mol. The first kappa shape index (κ1) is 13.3. The topological polar surface area (TPSA) is 68.3 Å². The summed E-state index contributed by atoms with van der Waals surface area (Å²) in [6.45, 7) is 0.512. The Morgan fingerprint density at radius 3 is 3.00 bits per heavy atom. The largest absolute Gasteiger partial charge is 0.493 e. The molecule has 0 amide bonds. The van der Waals surface area contributed by atoms with E-state index in [-0.39, 0.29) is 5.13 Å². The Morgan fingerprint density at radius 1 is 1.40 bits per heavy atom. The molecule has 1 aromatic heterocycles. The van der Waals surface area contributed by atoms with Crippen molar-refractivity contribution in [1.82, 2.24) is 4.98 Å². The Hall–Kier alpha value is -1.67. The lowest BCUT2D eigenvalue weighted by atomic mass is 10.1. The molecule has 5 nitrogen and oxygen atoms in total. The molecule has 106 valence electrons. The molecule has 8 heteroatoms. The van der Waals surface area contributed by atoms with Gasteiger partial charge in [-0.05, 0) is 24.5 Å². The van der Waals surface area contributed by atoms with Crippen LogP contribution in [0.1, 0.15) is 12.0 Å². The molecule has 2 heterocycles. The van der Waals surface area contributed by atoms with Gasteiger partial charge in [0, 0.05) is 17.6 Å². The van der Waals surface area contributed by atoms with Crippen LogP contribution in [0.2, 0.25) is 0 Å². The summed E-state index contributed by atoms with van der Waals surface area (Å²) < 4.78 is 46.0. The minimum atomic E-state index is -4.00. The van der Waals surface area contributed by atoms with Crippen LogP contribution in [-0.2, 0) is 16.4 Å². The molecule has 0 saturated heterocycles. The first-order valence-corrected chi connectivity index (χ1v) is 8.30. The quantitative estimate of drug-likeness (QED) is 0.944. The highest BCUT2D eigenvalue weighted by molar-refractivity contribution is 7.93. The number of anilines is 1. The van der Waals surface area contributed by atoms with Gasteiger partial charge >= 0.3 is 0 Å². The Bertz CT molecular complexity index is 729. The minimum Gasteiger partial charge on any atom is -0.493 e. The highest BCUT2D eigenvalue weighted by Gasteiger charge is 2.24. The molecule has 0 atom stereocenters. The Kier molecular flexibility index (Phi) is 3.35. The van der Waals surface area contributed by atoms with Crippen molar-refractivity contribution in [3.05, 3.63) is 35.1 Å². The molecule has 3 rings (SSSR count). The summed E-state index contributed by atoms with van der Waals surface area (Å²) >= 11 is 1.12. The molecule has 1 aromatic carbocycles. The molecular formula is C12H11FN2O3S2. The highest BCUT2D eigenvalue weighted by Crippen LogP contribution is 2.30. The van der Waals surface area contributed by atoms with E-state index < -0.39 is 20.7 Å². The van der Waals surface area contributed by atoms with E-state index in [0.717, 1.165) is 17.8 Å². The minimum absolute atomic E-state index is 0.197. The summed E-state index contributed by atoms with van der Waals surface area (Å²) in [4.78, 5) is 3.40. The van der Waals surface area contributed by atoms with Crippen molar-refractivity contribution >= 4 is 26.5 Å². The lowest BCUT2D eigenvalue weighted by molar-refractivity contribution is 0.286. The average Bonchev–Trinajstić information content (AvgIpc) is 2.90. The van der Waals surface area contributed by atoms with Crippen molar-refractivity contribution in [2.75, 3.05) is 11.3 Å². The Labute approximate surface area is 119 Å². The van der Waals surface area contributed by atoms with Gasteiger partial charge in [0.1, 0.15) is 16.5 Å². The number of thiazole rings is 1. The first-order valence-electron chi connectivity index (χ1n) is 5.94. The van der Waals surface area contributed by atoms with Crippen LogP contribution in [0.5, 0.6) is 5.75 Å². The van der Waals surface area contributed by atoms with E-state index in [1.54, 1.807) is 5.38 Å². The molecule has 0 spiro atoms. The summed E-state index contributed by atoms with van der Waals surface area (Å²) in [5.41, 5.74) is 0.696. The predicted molar refractivity (Wildman–Crippen MR) is 73.1 cm³/mol. The molecule has 0 bridgehead atoms. The molecule has 1 N–H and O–H groups in total. The van der Waals surface area contributed by atoms with Crippen molar-refractivity contribution in [3.63, 3.8) is 0 Å². The van der Waals surface area contributed by atoms with Gasteiger partial charge in [0.15, 0.2) is 5.13 Å². The van der Waals surface area contributed by atoms with Crippen LogP contribution >= 0.6 is 11.3 Å². The average molecular weight is 314 g/mol. The number of ether oxygens (including phenoxy) is 1. The van der Waals surface area contributed by atoms with Gasteiger partial charge in [-0.1, -0.05) is 0 Å². The fraction of sp³-hybridized carbons (Fsp3) is 0.250. The molecule has 0 unspecified atom stereocenters. The number of rotatable bonds is 3. The molecule has 0 fully saturated rings. The number of benzene rings is 1. The molecule has 2 aromatic rings. The zero-order valence-corrected chi connectivity index (χ0v) is 11.9. The fourth-order valence-corrected chi connectivity index (χ4v) is 3.86. The molecule has 1 aliphatic heterocycles. The van der Waals surface area contributed by atoms with Gasteiger partial charge in [0.25, 0.3) is 10.0 Å². The summed E-state index contributed by atoms with van der Waals surface area (Å²) in [5.74, 6) is -0.351. The number of hydrogen-bond donors (Lipinski definition) is 1. The highest BCUT2D eigenvalue weighted by atomic mass is 32.2. The maximum absolute atomic E-state index is 14.0. The number of hydrogen-bond acceptors (Lipinski definition) is 5. The van der Waals surface area contributed by atoms with Crippen molar-refractivity contribution in [1.29, 1.82) is 0 Å². The molecule has 0 radical (unpaired) electrons. The SMILES string of the molecule is O=S(=O)(Nc1nccs1)c1cc2c(cc1F)CCCO2. The number of halogens is 1. The van der Waals surface area contributed by atoms with E-state index in [0.29, 0.717) is 24.3 Å². The Balaban J connectivity index is 2.00. The van der Waals surface area contributed by atoms with E-state index in [9.17, 15) is 12.8 Å². The fourth-order valence-electron chi connectivity index (χ4n) is 2.00. The zero-order chi connectivity index (χ0) is 14.2. The predicted octanol–water partition coefficient (Wildman–Crippen LogP) is 2.41. The summed E-state index contributed by atoms with van der Waals surface area (Å²) in [5, 5.41) is 1.83. The summed E-state index contributed by atoms with van der Waals surface area (Å²) in [7, 11) is -4.00. The van der Waals surface area contributed by atoms with Crippen LogP contribution in [0.15, 0.2) is 28.6 Å². The number of nitrogens with one attached hydrogen (secondary N) is 1. The van der Waals surface area contributed by atoms with Gasteiger partial charge in [0.05, 0.1) is 6.61 Å². The van der Waals surface area contributed by atoms with E-state index in [2.05, 4.69) is 9.71 Å². The first-order chi connectivity index (χ1) is 9.56. The van der Waals surface area contributed by atoms with E-state index in [4.69, 9.17) is 4.74 Å². The van der Waals surface area contributed by atoms with E-state index in [1.165, 1.54) is 18.3 Å². The van der Waals surface area contributed by atoms with Gasteiger partial charge in [-0.3, -0.25) is 4.72 Å². The third-order valence-corrected chi connectivity index (χ3v) is 5.08. The van der Waals surface area contributed by atoms with Crippen LogP contribution in [0.25, 0.3) is 0 Å². The van der Waals surface area contributed by atoms with Crippen LogP contribution < -0.4 is 9.46 Å². The van der Waals surface area contributed by atoms with Crippen molar-refractivity contribution in [3.8, 4) is 5.75 Å². The summed E-state index contributed by atoms with van der Waals surface area (Å²) in [6.07, 6.45) is 2.96. The van der Waals surface area contributed by atoms with E-state index >= 15 is 0 Å². The lowest BCUT2D eigenvalue weighted by Gasteiger charge is -2.18. The Morgan fingerprint density at radius 2 is 2.25 bits per heavy atom. The van der Waals surface area contributed by atoms with E-state index in [1.807, 2.05) is 0 Å². The maximum Gasteiger partial charge on any atom is 0.266 e. The molecule has 1 aliphatic rings. The second-order valence-corrected chi connectivity index (χ2v) is 6.83. The van der Waals surface area contributed by atoms with Gasteiger partial charge < -0.3 is 4.74 Å². The molecule has 20 heavy (non-hydrogen) atoms. The number of fused-ring (bicyclic) bond motifs is 1. The maximum atomic E-state index is 14.0. The van der Waals surface area contributed by atoms with Crippen molar-refractivity contribution in [2.24, 2.45) is 0 Å². The van der Waals surface area contributed by atoms with Crippen molar-refractivity contribution in [2.45, 2.75) is 17.7 Å².